The number of aromatic nitrogens is 3. The van der Waals surface area contributed by atoms with Crippen LogP contribution in [0.3, 0.4) is 0 Å². The van der Waals surface area contributed by atoms with Crippen molar-refractivity contribution >= 4 is 17.4 Å². The molecule has 1 saturated heterocycles. The van der Waals surface area contributed by atoms with Crippen LogP contribution in [0.25, 0.3) is 11.3 Å². The normalized spacial score (nSPS) is 23.0. The Morgan fingerprint density at radius 3 is 2.69 bits per heavy atom. The summed E-state index contributed by atoms with van der Waals surface area (Å²) in [5, 5.41) is 11.6. The maximum absolute atomic E-state index is 13.1. The molecule has 0 spiro atoms. The number of nitrogens with zero attached hydrogens (tertiary/aromatic N) is 3. The van der Waals surface area contributed by atoms with Gasteiger partial charge in [-0.2, -0.15) is 18.3 Å². The van der Waals surface area contributed by atoms with Crippen LogP contribution in [-0.2, 0) is 12.7 Å². The van der Waals surface area contributed by atoms with E-state index in [1.165, 1.54) is 6.07 Å². The first-order valence-electron chi connectivity index (χ1n) is 10.7. The molecule has 1 aliphatic carbocycles. The highest BCUT2D eigenvalue weighted by atomic mass is 35.5. The van der Waals surface area contributed by atoms with Crippen LogP contribution in [0.2, 0.25) is 5.02 Å². The van der Waals surface area contributed by atoms with Crippen molar-refractivity contribution in [2.24, 2.45) is 11.8 Å². The Morgan fingerprint density at radius 2 is 1.91 bits per heavy atom. The Hall–Kier alpha value is -2.58. The Kier molecular flexibility index (Phi) is 5.59. The Labute approximate surface area is 189 Å². The molecule has 0 radical (unpaired) electrons. The van der Waals surface area contributed by atoms with Gasteiger partial charge in [-0.3, -0.25) is 5.10 Å². The quantitative estimate of drug-likeness (QED) is 0.552. The van der Waals surface area contributed by atoms with Crippen LogP contribution in [0.1, 0.15) is 24.1 Å². The standard InChI is InChI=1S/C23H23ClF3N5/c24-17-7-4-14(5-8-17)22-16(11-29-31-22)10-28-19-9-6-15-12-32(13-18(15)19)21-3-1-2-20(30-21)23(25,26)27/h1-5,7-8,11,15,18-19,28H,6,9-10,12-13H2,(H,29,31)/t15-,18+,19+/m1/s1. The van der Waals surface area contributed by atoms with Gasteiger partial charge in [-0.15, -0.1) is 0 Å². The van der Waals surface area contributed by atoms with E-state index in [9.17, 15) is 13.2 Å². The van der Waals surface area contributed by atoms with Gasteiger partial charge in [-0.25, -0.2) is 4.98 Å². The first-order chi connectivity index (χ1) is 15.4. The second kappa shape index (κ2) is 8.41. The molecule has 168 valence electrons. The van der Waals surface area contributed by atoms with E-state index < -0.39 is 11.9 Å². The fourth-order valence-electron chi connectivity index (χ4n) is 5.02. The highest BCUT2D eigenvalue weighted by molar-refractivity contribution is 6.30. The molecule has 0 unspecified atom stereocenters. The number of pyridine rings is 1. The van der Waals surface area contributed by atoms with E-state index in [1.54, 1.807) is 6.07 Å². The Morgan fingerprint density at radius 1 is 1.09 bits per heavy atom. The van der Waals surface area contributed by atoms with Crippen molar-refractivity contribution in [3.05, 3.63) is 64.9 Å². The molecule has 9 heteroatoms. The van der Waals surface area contributed by atoms with Crippen LogP contribution in [0, 0.1) is 11.8 Å². The number of alkyl halides is 3. The highest BCUT2D eigenvalue weighted by Crippen LogP contribution is 2.40. The number of rotatable bonds is 5. The molecule has 0 bridgehead atoms. The summed E-state index contributed by atoms with van der Waals surface area (Å²) in [6.45, 7) is 2.13. The number of anilines is 1. The van der Waals surface area contributed by atoms with Crippen LogP contribution in [0.4, 0.5) is 19.0 Å². The first kappa shape index (κ1) is 21.3. The molecule has 1 aromatic carbocycles. The minimum absolute atomic E-state index is 0.309. The minimum atomic E-state index is -4.43. The summed E-state index contributed by atoms with van der Waals surface area (Å²) in [5.41, 5.74) is 2.22. The Balaban J connectivity index is 1.25. The number of hydrogen-bond acceptors (Lipinski definition) is 4. The average molecular weight is 462 g/mol. The molecule has 2 aromatic heterocycles. The van der Waals surface area contributed by atoms with Gasteiger partial charge in [0.2, 0.25) is 0 Å². The third-order valence-electron chi connectivity index (χ3n) is 6.61. The fraction of sp³-hybridized carbons (Fsp3) is 0.391. The second-order valence-corrected chi connectivity index (χ2v) is 8.99. The summed E-state index contributed by atoms with van der Waals surface area (Å²) >= 11 is 6.00. The summed E-state index contributed by atoms with van der Waals surface area (Å²) in [6.07, 6.45) is -0.473. The molecule has 5 nitrogen and oxygen atoms in total. The van der Waals surface area contributed by atoms with Crippen molar-refractivity contribution in [3.8, 4) is 11.3 Å². The lowest BCUT2D eigenvalue weighted by Crippen LogP contribution is -2.35. The average Bonchev–Trinajstić information content (AvgIpc) is 3.49. The molecular weight excluding hydrogens is 439 g/mol. The maximum Gasteiger partial charge on any atom is 0.433 e. The number of halogens is 4. The Bertz CT molecular complexity index is 1080. The molecule has 0 amide bonds. The van der Waals surface area contributed by atoms with Crippen LogP contribution in [0.5, 0.6) is 0 Å². The maximum atomic E-state index is 13.1. The van der Waals surface area contributed by atoms with Crippen molar-refractivity contribution in [2.75, 3.05) is 18.0 Å². The van der Waals surface area contributed by atoms with E-state index in [0.717, 1.165) is 42.3 Å². The lowest BCUT2D eigenvalue weighted by molar-refractivity contribution is -0.141. The lowest BCUT2D eigenvalue weighted by atomic mass is 9.97. The van der Waals surface area contributed by atoms with Crippen molar-refractivity contribution in [1.82, 2.24) is 20.5 Å². The molecular formula is C23H23ClF3N5. The predicted octanol–water partition coefficient (Wildman–Crippen LogP) is 5.15. The zero-order valence-corrected chi connectivity index (χ0v) is 18.0. The molecule has 3 aromatic rings. The second-order valence-electron chi connectivity index (χ2n) is 8.55. The van der Waals surface area contributed by atoms with E-state index in [0.29, 0.717) is 41.8 Å². The molecule has 3 heterocycles. The summed E-state index contributed by atoms with van der Waals surface area (Å²) < 4.78 is 39.2. The smallest absolute Gasteiger partial charge is 0.356 e. The first-order valence-corrected chi connectivity index (χ1v) is 11.1. The van der Waals surface area contributed by atoms with E-state index in [-0.39, 0.29) is 0 Å². The van der Waals surface area contributed by atoms with E-state index >= 15 is 0 Å². The van der Waals surface area contributed by atoms with Gasteiger partial charge in [-0.1, -0.05) is 29.8 Å². The number of H-pyrrole nitrogens is 1. The summed E-state index contributed by atoms with van der Waals surface area (Å²) in [5.74, 6) is 1.26. The van der Waals surface area contributed by atoms with Crippen LogP contribution >= 0.6 is 11.6 Å². The summed E-state index contributed by atoms with van der Waals surface area (Å²) in [4.78, 5) is 5.87. The minimum Gasteiger partial charge on any atom is -0.356 e. The van der Waals surface area contributed by atoms with Gasteiger partial charge in [0, 0.05) is 36.3 Å². The van der Waals surface area contributed by atoms with Crippen LogP contribution in [-0.4, -0.2) is 34.3 Å². The fourth-order valence-corrected chi connectivity index (χ4v) is 5.14. The summed E-state index contributed by atoms with van der Waals surface area (Å²) in [6, 6.07) is 12.1. The van der Waals surface area contributed by atoms with E-state index in [4.69, 9.17) is 11.6 Å². The molecule has 32 heavy (non-hydrogen) atoms. The summed E-state index contributed by atoms with van der Waals surface area (Å²) in [7, 11) is 0. The predicted molar refractivity (Wildman–Crippen MR) is 117 cm³/mol. The van der Waals surface area contributed by atoms with E-state index in [1.807, 2.05) is 35.4 Å². The van der Waals surface area contributed by atoms with Gasteiger partial charge in [0.05, 0.1) is 11.9 Å². The molecule has 2 fully saturated rings. The molecule has 1 saturated carbocycles. The number of aromatic amines is 1. The lowest BCUT2D eigenvalue weighted by Gasteiger charge is -2.23. The van der Waals surface area contributed by atoms with Crippen LogP contribution in [0.15, 0.2) is 48.7 Å². The van der Waals surface area contributed by atoms with Gasteiger partial charge < -0.3 is 10.2 Å². The van der Waals surface area contributed by atoms with Gasteiger partial charge in [-0.05, 0) is 54.5 Å². The van der Waals surface area contributed by atoms with Gasteiger partial charge >= 0.3 is 6.18 Å². The van der Waals surface area contributed by atoms with Gasteiger partial charge in [0.25, 0.3) is 0 Å². The van der Waals surface area contributed by atoms with Crippen molar-refractivity contribution in [1.29, 1.82) is 0 Å². The van der Waals surface area contributed by atoms with Crippen LogP contribution < -0.4 is 10.2 Å². The SMILES string of the molecule is FC(F)(F)c1cccc(N2C[C@H]3CC[C@H](NCc4cn[nH]c4-c4ccc(Cl)cc4)[C@H]3C2)n1. The van der Waals surface area contributed by atoms with Gasteiger partial charge in [0.15, 0.2) is 0 Å². The molecule has 2 aliphatic rings. The van der Waals surface area contributed by atoms with Gasteiger partial charge in [0.1, 0.15) is 11.5 Å². The number of benzene rings is 1. The zero-order chi connectivity index (χ0) is 22.3. The molecule has 3 atom stereocenters. The number of nitrogens with one attached hydrogen (secondary N) is 2. The molecule has 2 N–H and O–H groups in total. The number of hydrogen-bond donors (Lipinski definition) is 2. The number of fused-ring (bicyclic) bond motifs is 1. The molecule has 5 rings (SSSR count). The van der Waals surface area contributed by atoms with Crippen molar-refractivity contribution in [2.45, 2.75) is 31.6 Å². The third-order valence-corrected chi connectivity index (χ3v) is 6.86. The van der Waals surface area contributed by atoms with Crippen molar-refractivity contribution < 1.29 is 13.2 Å². The topological polar surface area (TPSA) is 56.8 Å². The monoisotopic (exact) mass is 461 g/mol. The molecule has 1 aliphatic heterocycles. The largest absolute Gasteiger partial charge is 0.433 e. The third kappa shape index (κ3) is 4.21. The highest BCUT2D eigenvalue weighted by Gasteiger charge is 2.43. The van der Waals surface area contributed by atoms with Crippen molar-refractivity contribution in [3.63, 3.8) is 0 Å². The van der Waals surface area contributed by atoms with E-state index in [2.05, 4.69) is 20.5 Å². The zero-order valence-electron chi connectivity index (χ0n) is 17.2.